The van der Waals surface area contributed by atoms with Crippen LogP contribution >= 0.6 is 0 Å². The summed E-state index contributed by atoms with van der Waals surface area (Å²) in [4.78, 5) is 69.2. The van der Waals surface area contributed by atoms with Crippen molar-refractivity contribution in [3.8, 4) is 0 Å². The van der Waals surface area contributed by atoms with Crippen molar-refractivity contribution in [3.05, 3.63) is 106 Å². The second-order valence-electron chi connectivity index (χ2n) is 11.0. The first kappa shape index (κ1) is 32.2. The Morgan fingerprint density at radius 2 is 1.23 bits per heavy atom. The lowest BCUT2D eigenvalue weighted by Gasteiger charge is -2.43. The van der Waals surface area contributed by atoms with Crippen LogP contribution in [0.3, 0.4) is 0 Å². The van der Waals surface area contributed by atoms with Gasteiger partial charge in [-0.05, 0) is 48.4 Å². The lowest BCUT2D eigenvalue weighted by atomic mass is 9.67. The highest BCUT2D eigenvalue weighted by atomic mass is 19.1. The fourth-order valence-corrected chi connectivity index (χ4v) is 5.77. The third-order valence-electron chi connectivity index (χ3n) is 8.11. The number of nitrogens with zero attached hydrogens (tertiary/aromatic N) is 2. The minimum absolute atomic E-state index is 0.0557. The molecule has 0 radical (unpaired) electrons. The highest BCUT2D eigenvalue weighted by molar-refractivity contribution is 6.04. The van der Waals surface area contributed by atoms with Crippen LogP contribution < -0.4 is 0 Å². The van der Waals surface area contributed by atoms with Gasteiger partial charge in [0.25, 0.3) is 0 Å². The number of ketones is 2. The summed E-state index contributed by atoms with van der Waals surface area (Å²) in [5.74, 6) is -5.25. The molecule has 0 aliphatic carbocycles. The average Bonchev–Trinajstić information content (AvgIpc) is 3.04. The SMILES string of the molecule is COC(=O)c1cccc(C(=O)[C@H]2CN(CC(=O)N(C)C)C[C@@H](C(=O)c3cccc(C(=O)OC)c3)[C@@H]2c2cccc(F)c2C)c1. The Morgan fingerprint density at radius 3 is 1.68 bits per heavy atom. The van der Waals surface area contributed by atoms with Crippen molar-refractivity contribution < 1.29 is 37.8 Å². The van der Waals surface area contributed by atoms with Crippen molar-refractivity contribution in [2.45, 2.75) is 12.8 Å². The summed E-state index contributed by atoms with van der Waals surface area (Å²) in [6, 6.07) is 16.8. The van der Waals surface area contributed by atoms with Crippen molar-refractivity contribution in [2.75, 3.05) is 47.9 Å². The van der Waals surface area contributed by atoms with Gasteiger partial charge in [-0.15, -0.1) is 0 Å². The van der Waals surface area contributed by atoms with E-state index in [0.717, 1.165) is 0 Å². The summed E-state index contributed by atoms with van der Waals surface area (Å²) in [5.41, 5.74) is 1.60. The molecule has 230 valence electrons. The molecule has 1 aliphatic heterocycles. The van der Waals surface area contributed by atoms with Gasteiger partial charge in [-0.1, -0.05) is 36.4 Å². The summed E-state index contributed by atoms with van der Waals surface area (Å²) in [6.45, 7) is 1.76. The number of carbonyl (C=O) groups excluding carboxylic acids is 5. The van der Waals surface area contributed by atoms with Crippen LogP contribution in [0.2, 0.25) is 0 Å². The second kappa shape index (κ2) is 13.7. The van der Waals surface area contributed by atoms with E-state index in [1.807, 2.05) is 0 Å². The van der Waals surface area contributed by atoms with Gasteiger partial charge >= 0.3 is 11.9 Å². The minimum Gasteiger partial charge on any atom is -0.465 e. The molecule has 1 aliphatic rings. The van der Waals surface area contributed by atoms with Crippen LogP contribution in [0.1, 0.15) is 58.5 Å². The molecule has 9 nitrogen and oxygen atoms in total. The summed E-state index contributed by atoms with van der Waals surface area (Å²) in [6.07, 6.45) is 0. The molecule has 0 unspecified atom stereocenters. The first-order chi connectivity index (χ1) is 21.0. The van der Waals surface area contributed by atoms with E-state index in [1.54, 1.807) is 62.3 Å². The number of benzene rings is 3. The predicted octanol–water partition coefficient (Wildman–Crippen LogP) is 4.19. The fourth-order valence-electron chi connectivity index (χ4n) is 5.77. The Hall–Kier alpha value is -4.70. The van der Waals surface area contributed by atoms with Crippen LogP contribution in [0.5, 0.6) is 0 Å². The summed E-state index contributed by atoms with van der Waals surface area (Å²) in [5, 5.41) is 0. The molecule has 10 heteroatoms. The number of carbonyl (C=O) groups is 5. The maximum Gasteiger partial charge on any atom is 0.337 e. The monoisotopic (exact) mass is 602 g/mol. The zero-order chi connectivity index (χ0) is 32.1. The third-order valence-corrected chi connectivity index (χ3v) is 8.11. The van der Waals surface area contributed by atoms with Crippen molar-refractivity contribution in [3.63, 3.8) is 0 Å². The molecule has 0 aromatic heterocycles. The number of methoxy groups -OCH3 is 2. The zero-order valence-corrected chi connectivity index (χ0v) is 25.3. The van der Waals surface area contributed by atoms with Gasteiger partial charge in [0.05, 0.1) is 31.9 Å². The van der Waals surface area contributed by atoms with Crippen molar-refractivity contribution >= 4 is 29.4 Å². The van der Waals surface area contributed by atoms with Gasteiger partial charge in [0.2, 0.25) is 5.91 Å². The van der Waals surface area contributed by atoms with Gasteiger partial charge in [-0.2, -0.15) is 0 Å². The molecular weight excluding hydrogens is 567 g/mol. The van der Waals surface area contributed by atoms with Crippen LogP contribution in [0.25, 0.3) is 0 Å². The van der Waals surface area contributed by atoms with Gasteiger partial charge in [-0.3, -0.25) is 19.3 Å². The molecule has 0 spiro atoms. The van der Waals surface area contributed by atoms with Crippen LogP contribution in [-0.2, 0) is 14.3 Å². The van der Waals surface area contributed by atoms with E-state index in [1.165, 1.54) is 49.5 Å². The van der Waals surface area contributed by atoms with Gasteiger partial charge in [0.1, 0.15) is 5.82 Å². The number of amides is 1. The molecule has 0 bridgehead atoms. The smallest absolute Gasteiger partial charge is 0.337 e. The second-order valence-corrected chi connectivity index (χ2v) is 11.0. The quantitative estimate of drug-likeness (QED) is 0.265. The molecule has 1 fully saturated rings. The van der Waals surface area contributed by atoms with E-state index < -0.39 is 35.5 Å². The highest BCUT2D eigenvalue weighted by Crippen LogP contribution is 2.42. The third kappa shape index (κ3) is 6.75. The van der Waals surface area contributed by atoms with Gasteiger partial charge in [0.15, 0.2) is 11.6 Å². The summed E-state index contributed by atoms with van der Waals surface area (Å²) < 4.78 is 24.7. The maximum absolute atomic E-state index is 15.0. The van der Waals surface area contributed by atoms with E-state index in [0.29, 0.717) is 11.1 Å². The van der Waals surface area contributed by atoms with Gasteiger partial charge in [0, 0.05) is 56.1 Å². The number of hydrogen-bond donors (Lipinski definition) is 0. The maximum atomic E-state index is 15.0. The molecule has 1 heterocycles. The van der Waals surface area contributed by atoms with E-state index in [4.69, 9.17) is 9.47 Å². The Bertz CT molecular complexity index is 1520. The molecular formula is C34H35FN2O7. The average molecular weight is 603 g/mol. The standard InChI is InChI=1S/C34H35FN2O7/c1-20-25(13-8-14-28(20)35)30-26(31(39)21-9-6-11-23(15-21)33(41)43-4)17-37(19-29(38)36(2)3)18-27(30)32(40)22-10-7-12-24(16-22)34(42)44-5/h6-16,26-27,30H,17-19H2,1-5H3/t26-,27+,30+. The van der Waals surface area contributed by atoms with Crippen LogP contribution in [0, 0.1) is 24.6 Å². The number of Topliss-reactive ketones (excluding diaryl/α,β-unsaturated/α-hetero) is 2. The van der Waals surface area contributed by atoms with E-state index in [2.05, 4.69) is 0 Å². The van der Waals surface area contributed by atoms with Crippen LogP contribution in [0.15, 0.2) is 66.7 Å². The first-order valence-electron chi connectivity index (χ1n) is 14.1. The molecule has 0 saturated carbocycles. The number of hydrogen-bond acceptors (Lipinski definition) is 8. The van der Waals surface area contributed by atoms with E-state index >= 15 is 4.39 Å². The Kier molecular flexibility index (Phi) is 10.1. The van der Waals surface area contributed by atoms with Gasteiger partial charge < -0.3 is 14.4 Å². The number of halogens is 1. The Morgan fingerprint density at radius 1 is 0.773 bits per heavy atom. The molecule has 3 aromatic rings. The van der Waals surface area contributed by atoms with Crippen molar-refractivity contribution in [1.82, 2.24) is 9.80 Å². The molecule has 3 aromatic carbocycles. The largest absolute Gasteiger partial charge is 0.465 e. The van der Waals surface area contributed by atoms with E-state index in [-0.39, 0.29) is 59.4 Å². The van der Waals surface area contributed by atoms with Crippen LogP contribution in [0.4, 0.5) is 4.39 Å². The number of esters is 2. The Labute approximate surface area is 255 Å². The lowest BCUT2D eigenvalue weighted by molar-refractivity contribution is -0.130. The number of likely N-dealkylation sites (tertiary alicyclic amines) is 1. The molecule has 1 amide bonds. The fraction of sp³-hybridized carbons (Fsp3) is 0.324. The normalized spacial score (nSPS) is 18.3. The zero-order valence-electron chi connectivity index (χ0n) is 25.3. The first-order valence-corrected chi connectivity index (χ1v) is 14.1. The predicted molar refractivity (Wildman–Crippen MR) is 160 cm³/mol. The molecule has 44 heavy (non-hydrogen) atoms. The Balaban J connectivity index is 1.89. The topological polar surface area (TPSA) is 110 Å². The molecule has 4 rings (SSSR count). The van der Waals surface area contributed by atoms with Crippen LogP contribution in [-0.4, -0.2) is 87.2 Å². The highest BCUT2D eigenvalue weighted by Gasteiger charge is 2.46. The minimum atomic E-state index is -0.898. The van der Waals surface area contributed by atoms with Crippen molar-refractivity contribution in [1.29, 1.82) is 0 Å². The summed E-state index contributed by atoms with van der Waals surface area (Å²) >= 11 is 0. The number of ether oxygens (including phenoxy) is 2. The number of piperidine rings is 1. The lowest BCUT2D eigenvalue weighted by Crippen LogP contribution is -2.52. The molecule has 1 saturated heterocycles. The number of likely N-dealkylation sites (N-methyl/N-ethyl adjacent to an activating group) is 1. The molecule has 3 atom stereocenters. The van der Waals surface area contributed by atoms with E-state index in [9.17, 15) is 24.0 Å². The molecule has 0 N–H and O–H groups in total. The van der Waals surface area contributed by atoms with Gasteiger partial charge in [-0.25, -0.2) is 14.0 Å². The van der Waals surface area contributed by atoms with Crippen molar-refractivity contribution in [2.24, 2.45) is 11.8 Å². The summed E-state index contributed by atoms with van der Waals surface area (Å²) in [7, 11) is 5.72. The number of rotatable bonds is 9.